The topological polar surface area (TPSA) is 36.7 Å². The second-order valence-corrected chi connectivity index (χ2v) is 5.53. The number of halogens is 1. The molecule has 1 aromatic carbocycles. The largest absolute Gasteiger partial charge is 0.238 e. The van der Waals surface area contributed by atoms with E-state index in [0.29, 0.717) is 10.6 Å². The molecule has 0 atom stereocenters. The van der Waals surface area contributed by atoms with Gasteiger partial charge in [-0.05, 0) is 17.7 Å². The molecule has 1 heterocycles. The summed E-state index contributed by atoms with van der Waals surface area (Å²) in [5.74, 6) is 0.776. The van der Waals surface area contributed by atoms with Crippen LogP contribution in [0.4, 0.5) is 0 Å². The fourth-order valence-corrected chi connectivity index (χ4v) is 3.12. The zero-order valence-corrected chi connectivity index (χ0v) is 10.6. The van der Waals surface area contributed by atoms with Gasteiger partial charge in [-0.25, -0.2) is 4.98 Å². The minimum absolute atomic E-state index is 0.591. The Morgan fingerprint density at radius 3 is 3.00 bits per heavy atom. The van der Waals surface area contributed by atoms with E-state index in [0.717, 1.165) is 15.7 Å². The monoisotopic (exact) mass is 266 g/mol. The van der Waals surface area contributed by atoms with Crippen molar-refractivity contribution in [2.75, 3.05) is 0 Å². The molecule has 0 radical (unpaired) electrons. The smallest absolute Gasteiger partial charge is 0.150 e. The van der Waals surface area contributed by atoms with Gasteiger partial charge in [0.1, 0.15) is 4.34 Å². The summed E-state index contributed by atoms with van der Waals surface area (Å²) in [6.07, 6.45) is 1.79. The summed E-state index contributed by atoms with van der Waals surface area (Å²) in [5, 5.41) is 11.3. The molecule has 0 N–H and O–H groups in total. The average molecular weight is 267 g/mol. The third-order valence-electron chi connectivity index (χ3n) is 1.94. The molecule has 2 nitrogen and oxygen atoms in total. The SMILES string of the molecule is N#Cc1ccc(CSc2nccs2)c(Cl)c1. The second-order valence-electron chi connectivity index (χ2n) is 3.00. The van der Waals surface area contributed by atoms with Crippen LogP contribution in [0.25, 0.3) is 0 Å². The van der Waals surface area contributed by atoms with E-state index < -0.39 is 0 Å². The Bertz CT molecular complexity index is 517. The highest BCUT2D eigenvalue weighted by Gasteiger charge is 2.04. The summed E-state index contributed by atoms with van der Waals surface area (Å²) < 4.78 is 1.03. The Hall–Kier alpha value is -1.02. The third-order valence-corrected chi connectivity index (χ3v) is 4.31. The number of thioether (sulfide) groups is 1. The van der Waals surface area contributed by atoms with Crippen molar-refractivity contribution in [1.82, 2.24) is 4.98 Å². The number of hydrogen-bond acceptors (Lipinski definition) is 4. The molecule has 0 aliphatic carbocycles. The van der Waals surface area contributed by atoms with E-state index in [4.69, 9.17) is 16.9 Å². The maximum absolute atomic E-state index is 8.71. The molecule has 0 aliphatic heterocycles. The lowest BCUT2D eigenvalue weighted by molar-refractivity contribution is 1.24. The van der Waals surface area contributed by atoms with Gasteiger partial charge in [0, 0.05) is 22.4 Å². The van der Waals surface area contributed by atoms with Crippen molar-refractivity contribution in [2.45, 2.75) is 10.1 Å². The molecule has 0 saturated heterocycles. The zero-order valence-electron chi connectivity index (χ0n) is 8.18. The molecule has 0 bridgehead atoms. The highest BCUT2D eigenvalue weighted by molar-refractivity contribution is 8.00. The van der Waals surface area contributed by atoms with E-state index in [2.05, 4.69) is 11.1 Å². The van der Waals surface area contributed by atoms with Gasteiger partial charge < -0.3 is 0 Å². The van der Waals surface area contributed by atoms with Crippen LogP contribution in [0, 0.1) is 11.3 Å². The molecule has 5 heteroatoms. The Balaban J connectivity index is 2.08. The van der Waals surface area contributed by atoms with Crippen molar-refractivity contribution in [2.24, 2.45) is 0 Å². The standard InChI is InChI=1S/C11H7ClN2S2/c12-10-5-8(6-13)1-2-9(10)7-16-11-14-3-4-15-11/h1-5H,7H2. The number of nitrogens with zero attached hydrogens (tertiary/aromatic N) is 2. The van der Waals surface area contributed by atoms with E-state index >= 15 is 0 Å². The zero-order chi connectivity index (χ0) is 11.4. The van der Waals surface area contributed by atoms with Gasteiger partial charge in [0.2, 0.25) is 0 Å². The van der Waals surface area contributed by atoms with Gasteiger partial charge in [-0.2, -0.15) is 5.26 Å². The fourth-order valence-electron chi connectivity index (χ4n) is 1.16. The Labute approximate surface area is 107 Å². The molecule has 0 aliphatic rings. The molecule has 0 saturated carbocycles. The van der Waals surface area contributed by atoms with Crippen molar-refractivity contribution in [3.63, 3.8) is 0 Å². The van der Waals surface area contributed by atoms with Crippen LogP contribution in [0.3, 0.4) is 0 Å². The highest BCUT2D eigenvalue weighted by atomic mass is 35.5. The molecule has 2 rings (SSSR count). The second kappa shape index (κ2) is 5.35. The van der Waals surface area contributed by atoms with Gasteiger partial charge in [-0.15, -0.1) is 11.3 Å². The van der Waals surface area contributed by atoms with Crippen molar-refractivity contribution in [3.05, 3.63) is 45.9 Å². The molecule has 16 heavy (non-hydrogen) atoms. The van der Waals surface area contributed by atoms with Crippen LogP contribution in [0.2, 0.25) is 5.02 Å². The summed E-state index contributed by atoms with van der Waals surface area (Å²) in [7, 11) is 0. The first-order valence-corrected chi connectivity index (χ1v) is 6.75. The summed E-state index contributed by atoms with van der Waals surface area (Å²) in [5.41, 5.74) is 1.62. The van der Waals surface area contributed by atoms with Crippen molar-refractivity contribution >= 4 is 34.7 Å². The predicted octanol–water partition coefficient (Wildman–Crippen LogP) is 3.96. The molecule has 0 amide bonds. The van der Waals surface area contributed by atoms with Crippen LogP contribution >= 0.6 is 34.7 Å². The van der Waals surface area contributed by atoms with Gasteiger partial charge >= 0.3 is 0 Å². The number of thiazole rings is 1. The lowest BCUT2D eigenvalue weighted by atomic mass is 10.2. The van der Waals surface area contributed by atoms with Crippen molar-refractivity contribution in [3.8, 4) is 6.07 Å². The van der Waals surface area contributed by atoms with Crippen LogP contribution < -0.4 is 0 Å². The maximum atomic E-state index is 8.71. The van der Waals surface area contributed by atoms with Crippen LogP contribution in [-0.2, 0) is 5.75 Å². The van der Waals surface area contributed by atoms with E-state index in [9.17, 15) is 0 Å². The first-order valence-electron chi connectivity index (χ1n) is 4.50. The van der Waals surface area contributed by atoms with Gasteiger partial charge in [0.25, 0.3) is 0 Å². The van der Waals surface area contributed by atoms with E-state index in [-0.39, 0.29) is 0 Å². The molecule has 0 spiro atoms. The molecule has 0 fully saturated rings. The van der Waals surface area contributed by atoms with Crippen LogP contribution in [0.15, 0.2) is 34.1 Å². The summed E-state index contributed by atoms with van der Waals surface area (Å²) in [4.78, 5) is 4.18. The maximum Gasteiger partial charge on any atom is 0.150 e. The van der Waals surface area contributed by atoms with Gasteiger partial charge in [-0.3, -0.25) is 0 Å². The van der Waals surface area contributed by atoms with Crippen LogP contribution in [-0.4, -0.2) is 4.98 Å². The number of benzene rings is 1. The molecule has 0 unspecified atom stereocenters. The van der Waals surface area contributed by atoms with Crippen LogP contribution in [0.1, 0.15) is 11.1 Å². The minimum atomic E-state index is 0.591. The minimum Gasteiger partial charge on any atom is -0.238 e. The number of hydrogen-bond donors (Lipinski definition) is 0. The Kier molecular flexibility index (Phi) is 3.83. The lowest BCUT2D eigenvalue weighted by Crippen LogP contribution is -1.84. The average Bonchev–Trinajstić information content (AvgIpc) is 2.80. The van der Waals surface area contributed by atoms with E-state index in [1.807, 2.05) is 11.4 Å². The van der Waals surface area contributed by atoms with E-state index in [1.165, 1.54) is 0 Å². The van der Waals surface area contributed by atoms with Gasteiger partial charge in [0.05, 0.1) is 11.6 Å². The molecule has 2 aromatic rings. The molecular weight excluding hydrogens is 260 g/mol. The number of aromatic nitrogens is 1. The van der Waals surface area contributed by atoms with Crippen LogP contribution in [0.5, 0.6) is 0 Å². The predicted molar refractivity (Wildman–Crippen MR) is 67.8 cm³/mol. The first-order chi connectivity index (χ1) is 7.79. The van der Waals surface area contributed by atoms with Gasteiger partial charge in [0.15, 0.2) is 0 Å². The normalized spacial score (nSPS) is 10.0. The first kappa shape index (κ1) is 11.5. The lowest BCUT2D eigenvalue weighted by Gasteiger charge is -2.02. The Morgan fingerprint density at radius 1 is 1.50 bits per heavy atom. The quantitative estimate of drug-likeness (QED) is 0.789. The third kappa shape index (κ3) is 2.76. The summed E-state index contributed by atoms with van der Waals surface area (Å²) in [6, 6.07) is 7.43. The molecule has 80 valence electrons. The van der Waals surface area contributed by atoms with Crippen molar-refractivity contribution in [1.29, 1.82) is 5.26 Å². The fraction of sp³-hybridized carbons (Fsp3) is 0.0909. The summed E-state index contributed by atoms with van der Waals surface area (Å²) >= 11 is 9.33. The molecular formula is C11H7ClN2S2. The number of nitriles is 1. The number of rotatable bonds is 3. The Morgan fingerprint density at radius 2 is 2.38 bits per heavy atom. The highest BCUT2D eigenvalue weighted by Crippen LogP contribution is 2.28. The van der Waals surface area contributed by atoms with E-state index in [1.54, 1.807) is 41.4 Å². The van der Waals surface area contributed by atoms with Gasteiger partial charge in [-0.1, -0.05) is 29.4 Å². The van der Waals surface area contributed by atoms with Crippen molar-refractivity contribution < 1.29 is 0 Å². The summed E-state index contributed by atoms with van der Waals surface area (Å²) in [6.45, 7) is 0. The molecule has 1 aromatic heterocycles.